The highest BCUT2D eigenvalue weighted by Crippen LogP contribution is 2.44. The number of carbonyl (C=O) groups is 1. The van der Waals surface area contributed by atoms with Crippen LogP contribution in [0, 0.1) is 0 Å². The van der Waals surface area contributed by atoms with Gasteiger partial charge in [0.2, 0.25) is 0 Å². The molecule has 1 atom stereocenters. The topological polar surface area (TPSA) is 76.4 Å². The van der Waals surface area contributed by atoms with Gasteiger partial charge in [0.05, 0.1) is 30.9 Å². The third kappa shape index (κ3) is 3.19. The van der Waals surface area contributed by atoms with Crippen LogP contribution in [0.5, 0.6) is 0 Å². The third-order valence-electron chi connectivity index (χ3n) is 5.03. The highest BCUT2D eigenvalue weighted by atomic mass is 16.5. The highest BCUT2D eigenvalue weighted by molar-refractivity contribution is 5.79. The van der Waals surface area contributed by atoms with E-state index >= 15 is 0 Å². The molecule has 1 amide bonds. The average molecular weight is 363 g/mol. The second-order valence-corrected chi connectivity index (χ2v) is 6.63. The number of carbonyl (C=O) groups excluding carboxylic acids is 1. The number of alkyl carbamates (subject to hydrolysis) is 1. The molecule has 1 aromatic heterocycles. The number of rotatable bonds is 5. The molecule has 0 fully saturated rings. The van der Waals surface area contributed by atoms with Crippen LogP contribution < -0.4 is 5.32 Å². The quantitative estimate of drug-likeness (QED) is 0.731. The first-order valence-corrected chi connectivity index (χ1v) is 8.87. The van der Waals surface area contributed by atoms with E-state index in [4.69, 9.17) is 4.74 Å². The Hall–Kier alpha value is -3.12. The smallest absolute Gasteiger partial charge is 0.407 e. The Morgan fingerprint density at radius 1 is 1.19 bits per heavy atom. The summed E-state index contributed by atoms with van der Waals surface area (Å²) in [7, 11) is 1.81. The van der Waals surface area contributed by atoms with Gasteiger partial charge in [0.15, 0.2) is 0 Å². The number of hydrogen-bond acceptors (Lipinski definition) is 4. The molecule has 0 bridgehead atoms. The Balaban J connectivity index is 1.47. The molecular formula is C21H21N3O3. The number of ether oxygens (including phenoxy) is 1. The number of nitrogens with zero attached hydrogens (tertiary/aromatic N) is 2. The summed E-state index contributed by atoms with van der Waals surface area (Å²) in [5, 5.41) is 12.3. The normalized spacial score (nSPS) is 13.7. The van der Waals surface area contributed by atoms with Crippen LogP contribution in [-0.4, -0.2) is 34.0 Å². The van der Waals surface area contributed by atoms with Crippen molar-refractivity contribution in [2.75, 3.05) is 13.2 Å². The summed E-state index contributed by atoms with van der Waals surface area (Å²) in [6.07, 6.45) is 2.68. The van der Waals surface area contributed by atoms with Crippen LogP contribution in [0.2, 0.25) is 0 Å². The number of aryl methyl sites for hydroxylation is 1. The molecule has 1 heterocycles. The van der Waals surface area contributed by atoms with Crippen LogP contribution in [0.25, 0.3) is 11.1 Å². The van der Waals surface area contributed by atoms with Gasteiger partial charge in [-0.1, -0.05) is 48.5 Å². The molecule has 6 heteroatoms. The molecule has 1 aliphatic carbocycles. The lowest BCUT2D eigenvalue weighted by atomic mass is 9.98. The van der Waals surface area contributed by atoms with Gasteiger partial charge >= 0.3 is 6.09 Å². The molecule has 0 spiro atoms. The molecule has 1 unspecified atom stereocenters. The maximum absolute atomic E-state index is 12.3. The van der Waals surface area contributed by atoms with Crippen LogP contribution in [-0.2, 0) is 11.8 Å². The largest absolute Gasteiger partial charge is 0.449 e. The Kier molecular flexibility index (Phi) is 4.64. The van der Waals surface area contributed by atoms with E-state index in [1.54, 1.807) is 17.1 Å². The highest BCUT2D eigenvalue weighted by Gasteiger charge is 2.29. The molecule has 2 aromatic carbocycles. The minimum absolute atomic E-state index is 0.00688. The van der Waals surface area contributed by atoms with E-state index in [1.807, 2.05) is 31.3 Å². The zero-order valence-corrected chi connectivity index (χ0v) is 15.0. The number of nitrogens with one attached hydrogen (secondary N) is 1. The molecule has 6 nitrogen and oxygen atoms in total. The maximum Gasteiger partial charge on any atom is 0.407 e. The number of hydrogen-bond donors (Lipinski definition) is 2. The number of aliphatic hydroxyl groups excluding tert-OH is 1. The van der Waals surface area contributed by atoms with Crippen molar-refractivity contribution in [3.05, 3.63) is 77.9 Å². The molecular weight excluding hydrogens is 342 g/mol. The number of aromatic nitrogens is 2. The number of amides is 1. The Morgan fingerprint density at radius 3 is 2.37 bits per heavy atom. The van der Waals surface area contributed by atoms with Crippen LogP contribution in [0.1, 0.15) is 28.8 Å². The van der Waals surface area contributed by atoms with Gasteiger partial charge in [0.1, 0.15) is 6.61 Å². The fraction of sp³-hybridized carbons (Fsp3) is 0.238. The predicted molar refractivity (Wildman–Crippen MR) is 101 cm³/mol. The molecule has 0 saturated heterocycles. The lowest BCUT2D eigenvalue weighted by Crippen LogP contribution is -2.33. The van der Waals surface area contributed by atoms with E-state index < -0.39 is 12.1 Å². The molecule has 4 rings (SSSR count). The van der Waals surface area contributed by atoms with Gasteiger partial charge in [-0.05, 0) is 22.3 Å². The number of imidazole rings is 1. The Morgan fingerprint density at radius 2 is 1.81 bits per heavy atom. The van der Waals surface area contributed by atoms with E-state index in [-0.39, 0.29) is 19.1 Å². The van der Waals surface area contributed by atoms with Crippen LogP contribution in [0.3, 0.4) is 0 Å². The molecule has 0 radical (unpaired) electrons. The lowest BCUT2D eigenvalue weighted by Gasteiger charge is -2.18. The van der Waals surface area contributed by atoms with E-state index in [0.717, 1.165) is 11.1 Å². The van der Waals surface area contributed by atoms with Gasteiger partial charge < -0.3 is 19.7 Å². The van der Waals surface area contributed by atoms with E-state index in [1.165, 1.54) is 11.1 Å². The fourth-order valence-electron chi connectivity index (χ4n) is 3.70. The first kappa shape index (κ1) is 17.3. The first-order valence-electron chi connectivity index (χ1n) is 8.87. The zero-order valence-electron chi connectivity index (χ0n) is 15.0. The summed E-state index contributed by atoms with van der Waals surface area (Å²) in [4.78, 5) is 16.3. The average Bonchev–Trinajstić information content (AvgIpc) is 3.26. The monoisotopic (exact) mass is 363 g/mol. The van der Waals surface area contributed by atoms with Gasteiger partial charge in [-0.3, -0.25) is 0 Å². The first-order chi connectivity index (χ1) is 13.2. The molecule has 138 valence electrons. The molecule has 0 aliphatic heterocycles. The standard InChI is InChI=1S/C21H21N3O3/c1-24-13-22-10-20(24)19(11-25)23-21(26)27-12-18-16-8-4-2-6-14(16)15-7-3-5-9-17(15)18/h2-10,13,18-19,25H,11-12H2,1H3,(H,23,26). The molecule has 0 saturated carbocycles. The SMILES string of the molecule is Cn1cncc1C(CO)NC(=O)OCC1c2ccccc2-c2ccccc21. The number of benzene rings is 2. The number of aliphatic hydroxyl groups is 1. The van der Waals surface area contributed by atoms with Crippen molar-refractivity contribution in [3.8, 4) is 11.1 Å². The predicted octanol–water partition coefficient (Wildman–Crippen LogP) is 2.99. The van der Waals surface area contributed by atoms with Crippen molar-refractivity contribution in [3.63, 3.8) is 0 Å². The van der Waals surface area contributed by atoms with Crippen molar-refractivity contribution in [2.24, 2.45) is 7.05 Å². The van der Waals surface area contributed by atoms with Gasteiger partial charge in [0, 0.05) is 13.0 Å². The lowest BCUT2D eigenvalue weighted by molar-refractivity contribution is 0.131. The zero-order chi connectivity index (χ0) is 18.8. The fourth-order valence-corrected chi connectivity index (χ4v) is 3.70. The van der Waals surface area contributed by atoms with Gasteiger partial charge in [0.25, 0.3) is 0 Å². The van der Waals surface area contributed by atoms with Crippen molar-refractivity contribution in [1.29, 1.82) is 0 Å². The summed E-state index contributed by atoms with van der Waals surface area (Å²) in [6.45, 7) is 0.00707. The Bertz CT molecular complexity index is 921. The maximum atomic E-state index is 12.3. The van der Waals surface area contributed by atoms with Crippen molar-refractivity contribution in [2.45, 2.75) is 12.0 Å². The second kappa shape index (κ2) is 7.25. The molecule has 27 heavy (non-hydrogen) atoms. The minimum Gasteiger partial charge on any atom is -0.449 e. The van der Waals surface area contributed by atoms with Crippen molar-refractivity contribution < 1.29 is 14.6 Å². The summed E-state index contributed by atoms with van der Waals surface area (Å²) < 4.78 is 7.27. The summed E-state index contributed by atoms with van der Waals surface area (Å²) in [6, 6.07) is 15.8. The van der Waals surface area contributed by atoms with Gasteiger partial charge in [-0.15, -0.1) is 0 Å². The minimum atomic E-state index is -0.562. The van der Waals surface area contributed by atoms with Crippen molar-refractivity contribution in [1.82, 2.24) is 14.9 Å². The van der Waals surface area contributed by atoms with Crippen LogP contribution in [0.15, 0.2) is 61.1 Å². The molecule has 3 aromatic rings. The molecule has 1 aliphatic rings. The number of fused-ring (bicyclic) bond motifs is 3. The third-order valence-corrected chi connectivity index (χ3v) is 5.03. The van der Waals surface area contributed by atoms with Crippen LogP contribution in [0.4, 0.5) is 4.79 Å². The van der Waals surface area contributed by atoms with Crippen LogP contribution >= 0.6 is 0 Å². The van der Waals surface area contributed by atoms with Gasteiger partial charge in [-0.25, -0.2) is 9.78 Å². The van der Waals surface area contributed by atoms with E-state index in [2.05, 4.69) is 34.6 Å². The summed E-state index contributed by atoms with van der Waals surface area (Å²) >= 11 is 0. The van der Waals surface area contributed by atoms with E-state index in [0.29, 0.717) is 5.69 Å². The van der Waals surface area contributed by atoms with E-state index in [9.17, 15) is 9.90 Å². The summed E-state index contributed by atoms with van der Waals surface area (Å²) in [5.74, 6) is 0.00688. The van der Waals surface area contributed by atoms with Gasteiger partial charge in [-0.2, -0.15) is 0 Å². The van der Waals surface area contributed by atoms with Crippen molar-refractivity contribution >= 4 is 6.09 Å². The second-order valence-electron chi connectivity index (χ2n) is 6.63. The Labute approximate surface area is 157 Å². The summed E-state index contributed by atoms with van der Waals surface area (Å²) in [5.41, 5.74) is 5.41. The molecule has 2 N–H and O–H groups in total.